The molecule has 1 aromatic carbocycles. The molecule has 0 saturated heterocycles. The number of nitrogens with zero attached hydrogens (tertiary/aromatic N) is 1. The lowest BCUT2D eigenvalue weighted by Gasteiger charge is -2.10. The second-order valence-corrected chi connectivity index (χ2v) is 5.11. The van der Waals surface area contributed by atoms with E-state index in [2.05, 4.69) is 52.0 Å². The summed E-state index contributed by atoms with van der Waals surface area (Å²) in [6.07, 6.45) is 5.23. The zero-order chi connectivity index (χ0) is 13.8. The van der Waals surface area contributed by atoms with Gasteiger partial charge >= 0.3 is 0 Å². The molecule has 0 aliphatic rings. The van der Waals surface area contributed by atoms with Crippen molar-refractivity contribution in [1.82, 2.24) is 10.6 Å². The van der Waals surface area contributed by atoms with Crippen LogP contribution in [0.2, 0.25) is 0 Å². The molecule has 1 rings (SSSR count). The molecule has 0 aromatic heterocycles. The zero-order valence-corrected chi connectivity index (χ0v) is 12.5. The predicted molar refractivity (Wildman–Crippen MR) is 86.0 cm³/mol. The van der Waals surface area contributed by atoms with E-state index < -0.39 is 0 Å². The SMILES string of the molecule is C/C=C/CCNC(=NC)NCCSc1ccccc1. The smallest absolute Gasteiger partial charge is 0.191 e. The number of thioether (sulfide) groups is 1. The summed E-state index contributed by atoms with van der Waals surface area (Å²) < 4.78 is 0. The standard InChI is InChI=1S/C15H23N3S/c1-3-4-8-11-17-15(16-2)18-12-13-19-14-9-6-5-7-10-14/h3-7,9-10H,8,11-13H2,1-2H3,(H2,16,17,18)/b4-3+. The number of allylic oxidation sites excluding steroid dienone is 1. The van der Waals surface area contributed by atoms with Gasteiger partial charge in [-0.15, -0.1) is 11.8 Å². The lowest BCUT2D eigenvalue weighted by Crippen LogP contribution is -2.38. The number of guanidine groups is 1. The Morgan fingerprint density at radius 2 is 1.95 bits per heavy atom. The summed E-state index contributed by atoms with van der Waals surface area (Å²) in [5, 5.41) is 6.59. The first-order valence-electron chi connectivity index (χ1n) is 6.60. The highest BCUT2D eigenvalue weighted by molar-refractivity contribution is 7.99. The number of rotatable bonds is 7. The summed E-state index contributed by atoms with van der Waals surface area (Å²) >= 11 is 1.85. The Hall–Kier alpha value is -1.42. The highest BCUT2D eigenvalue weighted by Gasteiger charge is 1.96. The summed E-state index contributed by atoms with van der Waals surface area (Å²) in [4.78, 5) is 5.50. The topological polar surface area (TPSA) is 36.4 Å². The summed E-state index contributed by atoms with van der Waals surface area (Å²) in [6.45, 7) is 3.85. The summed E-state index contributed by atoms with van der Waals surface area (Å²) in [5.41, 5.74) is 0. The molecule has 0 atom stereocenters. The zero-order valence-electron chi connectivity index (χ0n) is 11.7. The lowest BCUT2D eigenvalue weighted by molar-refractivity contribution is 0.824. The molecule has 2 N–H and O–H groups in total. The first-order chi connectivity index (χ1) is 9.36. The molecule has 0 amide bonds. The molecule has 0 fully saturated rings. The third kappa shape index (κ3) is 7.57. The van der Waals surface area contributed by atoms with Crippen LogP contribution in [0.4, 0.5) is 0 Å². The van der Waals surface area contributed by atoms with Gasteiger partial charge in [0, 0.05) is 30.8 Å². The quantitative estimate of drug-likeness (QED) is 0.264. The predicted octanol–water partition coefficient (Wildman–Crippen LogP) is 2.91. The molecule has 3 nitrogen and oxygen atoms in total. The maximum atomic E-state index is 4.19. The Bertz CT molecular complexity index is 388. The van der Waals surface area contributed by atoms with Gasteiger partial charge in [0.05, 0.1) is 0 Å². The van der Waals surface area contributed by atoms with Crippen LogP contribution < -0.4 is 10.6 Å². The molecule has 104 valence electrons. The molecule has 0 saturated carbocycles. The molecule has 1 aromatic rings. The van der Waals surface area contributed by atoms with Crippen LogP contribution in [-0.2, 0) is 0 Å². The van der Waals surface area contributed by atoms with Gasteiger partial charge in [0.25, 0.3) is 0 Å². The molecule has 0 heterocycles. The summed E-state index contributed by atoms with van der Waals surface area (Å²) in [7, 11) is 1.80. The van der Waals surface area contributed by atoms with Crippen LogP contribution in [-0.4, -0.2) is 31.8 Å². The van der Waals surface area contributed by atoms with Crippen LogP contribution in [0.15, 0.2) is 52.4 Å². The van der Waals surface area contributed by atoms with E-state index in [0.29, 0.717) is 0 Å². The summed E-state index contributed by atoms with van der Waals surface area (Å²) in [6, 6.07) is 10.4. The number of benzene rings is 1. The van der Waals surface area contributed by atoms with Gasteiger partial charge in [-0.05, 0) is 25.5 Å². The van der Waals surface area contributed by atoms with E-state index in [-0.39, 0.29) is 0 Å². The second kappa shape index (κ2) is 10.5. The fourth-order valence-corrected chi connectivity index (χ4v) is 2.31. The average Bonchev–Trinajstić information content (AvgIpc) is 2.46. The molecular formula is C15H23N3S. The van der Waals surface area contributed by atoms with Crippen molar-refractivity contribution in [3.8, 4) is 0 Å². The molecule has 0 radical (unpaired) electrons. The van der Waals surface area contributed by atoms with Crippen LogP contribution in [0.25, 0.3) is 0 Å². The minimum Gasteiger partial charge on any atom is -0.356 e. The lowest BCUT2D eigenvalue weighted by atomic mass is 10.4. The van der Waals surface area contributed by atoms with Gasteiger partial charge < -0.3 is 10.6 Å². The van der Waals surface area contributed by atoms with Crippen molar-refractivity contribution in [1.29, 1.82) is 0 Å². The Labute approximate surface area is 120 Å². The largest absolute Gasteiger partial charge is 0.356 e. The molecule has 19 heavy (non-hydrogen) atoms. The van der Waals surface area contributed by atoms with E-state index >= 15 is 0 Å². The van der Waals surface area contributed by atoms with Gasteiger partial charge in [-0.2, -0.15) is 0 Å². The monoisotopic (exact) mass is 277 g/mol. The normalized spacial score (nSPS) is 11.8. The number of aliphatic imine (C=N–C) groups is 1. The van der Waals surface area contributed by atoms with Crippen LogP contribution >= 0.6 is 11.8 Å². The van der Waals surface area contributed by atoms with E-state index in [1.165, 1.54) is 4.90 Å². The first kappa shape index (κ1) is 15.6. The van der Waals surface area contributed by atoms with E-state index in [9.17, 15) is 0 Å². The molecule has 0 aliphatic carbocycles. The molecule has 0 unspecified atom stereocenters. The van der Waals surface area contributed by atoms with E-state index in [1.807, 2.05) is 24.8 Å². The van der Waals surface area contributed by atoms with Crippen LogP contribution in [0, 0.1) is 0 Å². The number of hydrogen-bond acceptors (Lipinski definition) is 2. The molecule has 0 bridgehead atoms. The third-order valence-corrected chi connectivity index (χ3v) is 3.48. The van der Waals surface area contributed by atoms with Crippen LogP contribution in [0.5, 0.6) is 0 Å². The van der Waals surface area contributed by atoms with Crippen molar-refractivity contribution in [3.05, 3.63) is 42.5 Å². The fraction of sp³-hybridized carbons (Fsp3) is 0.400. The minimum atomic E-state index is 0.873. The fourth-order valence-electron chi connectivity index (χ4n) is 1.52. The highest BCUT2D eigenvalue weighted by atomic mass is 32.2. The maximum Gasteiger partial charge on any atom is 0.191 e. The average molecular weight is 277 g/mol. The van der Waals surface area contributed by atoms with Crippen molar-refractivity contribution in [3.63, 3.8) is 0 Å². The number of nitrogens with one attached hydrogen (secondary N) is 2. The van der Waals surface area contributed by atoms with Crippen molar-refractivity contribution < 1.29 is 0 Å². The molecule has 4 heteroatoms. The van der Waals surface area contributed by atoms with Crippen LogP contribution in [0.3, 0.4) is 0 Å². The Morgan fingerprint density at radius 3 is 2.63 bits per heavy atom. The Kier molecular flexibility index (Phi) is 8.64. The van der Waals surface area contributed by atoms with E-state index in [1.54, 1.807) is 7.05 Å². The van der Waals surface area contributed by atoms with Gasteiger partial charge in [-0.1, -0.05) is 30.4 Å². The molecule has 0 aliphatic heterocycles. The minimum absolute atomic E-state index is 0.873. The Morgan fingerprint density at radius 1 is 1.21 bits per heavy atom. The van der Waals surface area contributed by atoms with E-state index in [4.69, 9.17) is 0 Å². The second-order valence-electron chi connectivity index (χ2n) is 3.94. The Balaban J connectivity index is 2.13. The summed E-state index contributed by atoms with van der Waals surface area (Å²) in [5.74, 6) is 1.90. The van der Waals surface area contributed by atoms with Crippen LogP contribution in [0.1, 0.15) is 13.3 Å². The van der Waals surface area contributed by atoms with Gasteiger partial charge in [0.2, 0.25) is 0 Å². The van der Waals surface area contributed by atoms with Gasteiger partial charge in [0.1, 0.15) is 0 Å². The van der Waals surface area contributed by atoms with Gasteiger partial charge in [0.15, 0.2) is 5.96 Å². The molecular weight excluding hydrogens is 254 g/mol. The first-order valence-corrected chi connectivity index (χ1v) is 7.59. The van der Waals surface area contributed by atoms with Crippen molar-refractivity contribution in [2.45, 2.75) is 18.2 Å². The van der Waals surface area contributed by atoms with Crippen molar-refractivity contribution in [2.75, 3.05) is 25.9 Å². The van der Waals surface area contributed by atoms with Gasteiger partial charge in [-0.3, -0.25) is 4.99 Å². The van der Waals surface area contributed by atoms with Crippen molar-refractivity contribution >= 4 is 17.7 Å². The maximum absolute atomic E-state index is 4.19. The molecule has 0 spiro atoms. The van der Waals surface area contributed by atoms with Gasteiger partial charge in [-0.25, -0.2) is 0 Å². The number of hydrogen-bond donors (Lipinski definition) is 2. The third-order valence-electron chi connectivity index (χ3n) is 2.47. The van der Waals surface area contributed by atoms with E-state index in [0.717, 1.165) is 31.2 Å². The van der Waals surface area contributed by atoms with Crippen molar-refractivity contribution in [2.24, 2.45) is 4.99 Å². The highest BCUT2D eigenvalue weighted by Crippen LogP contribution is 2.15.